The summed E-state index contributed by atoms with van der Waals surface area (Å²) < 4.78 is 10.6. The number of carbonyl (C=O) groups excluding carboxylic acids is 3. The summed E-state index contributed by atoms with van der Waals surface area (Å²) in [5.41, 5.74) is 0.504. The van der Waals surface area contributed by atoms with E-state index in [0.717, 1.165) is 6.42 Å². The monoisotopic (exact) mass is 376 g/mol. The Hall–Kier alpha value is -2.57. The van der Waals surface area contributed by atoms with Crippen LogP contribution in [0.25, 0.3) is 0 Å². The number of amides is 2. The summed E-state index contributed by atoms with van der Waals surface area (Å²) in [4.78, 5) is 37.9. The molecule has 0 saturated carbocycles. The lowest BCUT2D eigenvalue weighted by molar-refractivity contribution is -0.148. The van der Waals surface area contributed by atoms with Crippen molar-refractivity contribution >= 4 is 18.0 Å². The standard InChI is InChI=1S/C20H28N2O5/c1-20(2,3)27-19(25)22-12-11-21-18(24)16(22)14-17(23)26-13-7-10-15-8-5-4-6-9-15/h4-6,8-9,16H,7,10-14H2,1-3H3,(H,21,24). The molecule has 1 unspecified atom stereocenters. The second kappa shape index (κ2) is 9.39. The number of hydrogen-bond acceptors (Lipinski definition) is 5. The summed E-state index contributed by atoms with van der Waals surface area (Å²) in [7, 11) is 0. The normalized spacial score (nSPS) is 17.2. The van der Waals surface area contributed by atoms with E-state index in [1.807, 2.05) is 30.3 Å². The fourth-order valence-corrected chi connectivity index (χ4v) is 2.78. The zero-order valence-electron chi connectivity index (χ0n) is 16.2. The first-order valence-corrected chi connectivity index (χ1v) is 9.23. The number of piperazine rings is 1. The first kappa shape index (κ1) is 20.7. The zero-order valence-corrected chi connectivity index (χ0v) is 16.2. The minimum atomic E-state index is -0.907. The maximum atomic E-state index is 12.3. The van der Waals surface area contributed by atoms with Gasteiger partial charge in [-0.3, -0.25) is 14.5 Å². The summed E-state index contributed by atoms with van der Waals surface area (Å²) >= 11 is 0. The van der Waals surface area contributed by atoms with Crippen molar-refractivity contribution in [3.05, 3.63) is 35.9 Å². The van der Waals surface area contributed by atoms with E-state index in [-0.39, 0.29) is 18.9 Å². The molecule has 2 amide bonds. The van der Waals surface area contributed by atoms with Crippen molar-refractivity contribution in [2.24, 2.45) is 0 Å². The van der Waals surface area contributed by atoms with E-state index >= 15 is 0 Å². The number of nitrogens with one attached hydrogen (secondary N) is 1. The van der Waals surface area contributed by atoms with Crippen molar-refractivity contribution in [2.45, 2.75) is 51.7 Å². The molecule has 1 aliphatic heterocycles. The van der Waals surface area contributed by atoms with Gasteiger partial charge in [0.25, 0.3) is 0 Å². The van der Waals surface area contributed by atoms with E-state index in [1.54, 1.807) is 20.8 Å². The first-order valence-electron chi connectivity index (χ1n) is 9.23. The van der Waals surface area contributed by atoms with Crippen LogP contribution in [-0.4, -0.2) is 54.2 Å². The van der Waals surface area contributed by atoms with E-state index in [9.17, 15) is 14.4 Å². The minimum absolute atomic E-state index is 0.184. The second-order valence-electron chi connectivity index (χ2n) is 7.49. The number of benzene rings is 1. The van der Waals surface area contributed by atoms with Gasteiger partial charge >= 0.3 is 12.1 Å². The summed E-state index contributed by atoms with van der Waals surface area (Å²) in [6, 6.07) is 9.02. The van der Waals surface area contributed by atoms with Gasteiger partial charge in [-0.15, -0.1) is 0 Å². The van der Waals surface area contributed by atoms with Crippen LogP contribution in [-0.2, 0) is 25.5 Å². The summed E-state index contributed by atoms with van der Waals surface area (Å²) in [5, 5.41) is 2.68. The number of esters is 1. The van der Waals surface area contributed by atoms with Crippen molar-refractivity contribution in [2.75, 3.05) is 19.7 Å². The summed E-state index contributed by atoms with van der Waals surface area (Å²) in [6.07, 6.45) is 0.722. The van der Waals surface area contributed by atoms with Crippen LogP contribution >= 0.6 is 0 Å². The Morgan fingerprint density at radius 2 is 1.93 bits per heavy atom. The number of hydrogen-bond donors (Lipinski definition) is 1. The topological polar surface area (TPSA) is 84.9 Å². The van der Waals surface area contributed by atoms with Crippen molar-refractivity contribution in [3.63, 3.8) is 0 Å². The van der Waals surface area contributed by atoms with Crippen LogP contribution in [0.5, 0.6) is 0 Å². The third-order valence-electron chi connectivity index (χ3n) is 4.03. The van der Waals surface area contributed by atoms with Gasteiger partial charge in [0.1, 0.15) is 11.6 Å². The van der Waals surface area contributed by atoms with E-state index in [2.05, 4.69) is 5.32 Å². The van der Waals surface area contributed by atoms with Gasteiger partial charge in [-0.05, 0) is 39.2 Å². The highest BCUT2D eigenvalue weighted by atomic mass is 16.6. The highest BCUT2D eigenvalue weighted by Gasteiger charge is 2.37. The molecule has 1 N–H and O–H groups in total. The van der Waals surface area contributed by atoms with E-state index in [0.29, 0.717) is 19.5 Å². The van der Waals surface area contributed by atoms with E-state index < -0.39 is 23.7 Å². The Morgan fingerprint density at radius 1 is 1.22 bits per heavy atom. The molecular formula is C20H28N2O5. The molecule has 148 valence electrons. The van der Waals surface area contributed by atoms with Gasteiger partial charge in [-0.1, -0.05) is 30.3 Å². The average molecular weight is 376 g/mol. The molecule has 0 aliphatic carbocycles. The molecule has 1 fully saturated rings. The average Bonchev–Trinajstić information content (AvgIpc) is 2.60. The number of aryl methyl sites for hydroxylation is 1. The predicted molar refractivity (Wildman–Crippen MR) is 100 cm³/mol. The fourth-order valence-electron chi connectivity index (χ4n) is 2.78. The quantitative estimate of drug-likeness (QED) is 0.608. The molecule has 0 bridgehead atoms. The maximum Gasteiger partial charge on any atom is 0.411 e. The summed E-state index contributed by atoms with van der Waals surface area (Å²) in [5.74, 6) is -0.869. The second-order valence-corrected chi connectivity index (χ2v) is 7.49. The zero-order chi connectivity index (χ0) is 19.9. The van der Waals surface area contributed by atoms with Crippen LogP contribution in [0.4, 0.5) is 4.79 Å². The lowest BCUT2D eigenvalue weighted by atomic mass is 10.1. The smallest absolute Gasteiger partial charge is 0.411 e. The van der Waals surface area contributed by atoms with Crippen molar-refractivity contribution in [1.29, 1.82) is 0 Å². The number of rotatable bonds is 6. The van der Waals surface area contributed by atoms with Crippen LogP contribution in [0.15, 0.2) is 30.3 Å². The van der Waals surface area contributed by atoms with Crippen LogP contribution in [0.3, 0.4) is 0 Å². The molecular weight excluding hydrogens is 348 g/mol. The molecule has 1 aromatic rings. The highest BCUT2D eigenvalue weighted by Crippen LogP contribution is 2.16. The molecule has 2 rings (SSSR count). The highest BCUT2D eigenvalue weighted by molar-refractivity contribution is 5.90. The lowest BCUT2D eigenvalue weighted by Crippen LogP contribution is -2.58. The SMILES string of the molecule is CC(C)(C)OC(=O)N1CCNC(=O)C1CC(=O)OCCCc1ccccc1. The first-order chi connectivity index (χ1) is 12.8. The van der Waals surface area contributed by atoms with Crippen molar-refractivity contribution in [1.82, 2.24) is 10.2 Å². The molecule has 7 nitrogen and oxygen atoms in total. The predicted octanol–water partition coefficient (Wildman–Crippen LogP) is 2.29. The molecule has 1 heterocycles. The van der Waals surface area contributed by atoms with Crippen LogP contribution in [0, 0.1) is 0 Å². The van der Waals surface area contributed by atoms with Gasteiger partial charge in [0.05, 0.1) is 13.0 Å². The van der Waals surface area contributed by atoms with Gasteiger partial charge in [-0.25, -0.2) is 4.79 Å². The van der Waals surface area contributed by atoms with Crippen LogP contribution < -0.4 is 5.32 Å². The Kier molecular flexibility index (Phi) is 7.21. The Balaban J connectivity index is 1.83. The third kappa shape index (κ3) is 6.92. The fraction of sp³-hybridized carbons (Fsp3) is 0.550. The van der Waals surface area contributed by atoms with E-state index in [4.69, 9.17) is 9.47 Å². The molecule has 0 radical (unpaired) electrons. The molecule has 27 heavy (non-hydrogen) atoms. The minimum Gasteiger partial charge on any atom is -0.466 e. The van der Waals surface area contributed by atoms with Crippen molar-refractivity contribution < 1.29 is 23.9 Å². The van der Waals surface area contributed by atoms with Gasteiger partial charge in [0.15, 0.2) is 0 Å². The Labute approximate surface area is 160 Å². The van der Waals surface area contributed by atoms with Gasteiger partial charge in [-0.2, -0.15) is 0 Å². The number of ether oxygens (including phenoxy) is 2. The number of nitrogens with zero attached hydrogens (tertiary/aromatic N) is 1. The molecule has 7 heteroatoms. The van der Waals surface area contributed by atoms with E-state index in [1.165, 1.54) is 10.5 Å². The molecule has 0 aromatic heterocycles. The molecule has 0 spiro atoms. The molecule has 1 atom stereocenters. The third-order valence-corrected chi connectivity index (χ3v) is 4.03. The number of carbonyl (C=O) groups is 3. The maximum absolute atomic E-state index is 12.3. The largest absolute Gasteiger partial charge is 0.466 e. The van der Waals surface area contributed by atoms with Crippen LogP contribution in [0.2, 0.25) is 0 Å². The van der Waals surface area contributed by atoms with Gasteiger partial charge in [0, 0.05) is 13.1 Å². The Bertz CT molecular complexity index is 654. The van der Waals surface area contributed by atoms with Crippen LogP contribution in [0.1, 0.15) is 39.2 Å². The molecule has 1 saturated heterocycles. The van der Waals surface area contributed by atoms with Crippen molar-refractivity contribution in [3.8, 4) is 0 Å². The lowest BCUT2D eigenvalue weighted by Gasteiger charge is -2.35. The van der Waals surface area contributed by atoms with Gasteiger partial charge < -0.3 is 14.8 Å². The molecule has 1 aliphatic rings. The summed E-state index contributed by atoms with van der Waals surface area (Å²) in [6.45, 7) is 6.17. The van der Waals surface area contributed by atoms with Gasteiger partial charge in [0.2, 0.25) is 5.91 Å². The Morgan fingerprint density at radius 3 is 2.59 bits per heavy atom. The molecule has 1 aromatic carbocycles.